The number of nitrogens with one attached hydrogen (secondary N) is 1. The van der Waals surface area contributed by atoms with Crippen LogP contribution >= 0.6 is 0 Å². The molecule has 0 fully saturated rings. The predicted octanol–water partition coefficient (Wildman–Crippen LogP) is 2.27. The van der Waals surface area contributed by atoms with Gasteiger partial charge in [-0.2, -0.15) is 0 Å². The Kier molecular flexibility index (Phi) is 7.81. The second-order valence-electron chi connectivity index (χ2n) is 4.00. The SMILES string of the molecule is C=CCN(CC)C(CC)CNC(C)C. The lowest BCUT2D eigenvalue weighted by atomic mass is 10.1. The molecule has 0 aliphatic rings. The molecule has 0 aliphatic carbocycles. The Balaban J connectivity index is 4.00. The van der Waals surface area contributed by atoms with Crippen LogP contribution in [0.4, 0.5) is 0 Å². The maximum absolute atomic E-state index is 3.80. The third kappa shape index (κ3) is 5.40. The fourth-order valence-electron chi connectivity index (χ4n) is 1.61. The number of hydrogen-bond donors (Lipinski definition) is 1. The number of rotatable bonds is 8. The van der Waals surface area contributed by atoms with E-state index in [1.54, 1.807) is 0 Å². The third-order valence-corrected chi connectivity index (χ3v) is 2.52. The Bertz CT molecular complexity index is 143. The summed E-state index contributed by atoms with van der Waals surface area (Å²) in [6, 6.07) is 1.21. The van der Waals surface area contributed by atoms with E-state index in [-0.39, 0.29) is 0 Å². The molecular formula is C12H26N2. The van der Waals surface area contributed by atoms with Crippen molar-refractivity contribution in [3.63, 3.8) is 0 Å². The summed E-state index contributed by atoms with van der Waals surface area (Å²) in [5.41, 5.74) is 0. The standard InChI is InChI=1S/C12H26N2/c1-6-9-14(8-3)12(7-2)10-13-11(4)5/h6,11-13H,1,7-10H2,2-5H3. The summed E-state index contributed by atoms with van der Waals surface area (Å²) in [6.07, 6.45) is 3.18. The van der Waals surface area contributed by atoms with E-state index in [1.165, 1.54) is 6.42 Å². The Hall–Kier alpha value is -0.340. The first-order valence-electron chi connectivity index (χ1n) is 5.73. The van der Waals surface area contributed by atoms with Crippen LogP contribution in [0.2, 0.25) is 0 Å². The first kappa shape index (κ1) is 13.7. The first-order valence-corrected chi connectivity index (χ1v) is 5.73. The van der Waals surface area contributed by atoms with Crippen LogP contribution in [0, 0.1) is 0 Å². The molecule has 1 N–H and O–H groups in total. The van der Waals surface area contributed by atoms with Crippen molar-refractivity contribution in [1.29, 1.82) is 0 Å². The number of likely N-dealkylation sites (N-methyl/N-ethyl adjacent to an activating group) is 1. The molecule has 1 unspecified atom stereocenters. The van der Waals surface area contributed by atoms with Gasteiger partial charge in [-0.3, -0.25) is 4.90 Å². The van der Waals surface area contributed by atoms with E-state index < -0.39 is 0 Å². The third-order valence-electron chi connectivity index (χ3n) is 2.52. The molecule has 0 bridgehead atoms. The van der Waals surface area contributed by atoms with Crippen molar-refractivity contribution in [2.24, 2.45) is 0 Å². The molecule has 0 aliphatic heterocycles. The summed E-state index contributed by atoms with van der Waals surface area (Å²) in [5.74, 6) is 0. The van der Waals surface area contributed by atoms with Crippen molar-refractivity contribution >= 4 is 0 Å². The minimum atomic E-state index is 0.575. The highest BCUT2D eigenvalue weighted by Gasteiger charge is 2.13. The van der Waals surface area contributed by atoms with Crippen LogP contribution in [0.3, 0.4) is 0 Å². The van der Waals surface area contributed by atoms with Crippen molar-refractivity contribution < 1.29 is 0 Å². The van der Waals surface area contributed by atoms with Gasteiger partial charge in [0.2, 0.25) is 0 Å². The monoisotopic (exact) mass is 198 g/mol. The number of hydrogen-bond acceptors (Lipinski definition) is 2. The predicted molar refractivity (Wildman–Crippen MR) is 64.7 cm³/mol. The molecule has 2 nitrogen and oxygen atoms in total. The second-order valence-corrected chi connectivity index (χ2v) is 4.00. The van der Waals surface area contributed by atoms with Crippen LogP contribution in [-0.4, -0.2) is 36.6 Å². The Morgan fingerprint density at radius 2 is 2.00 bits per heavy atom. The van der Waals surface area contributed by atoms with Gasteiger partial charge in [0.05, 0.1) is 0 Å². The maximum atomic E-state index is 3.80. The van der Waals surface area contributed by atoms with Gasteiger partial charge in [0.1, 0.15) is 0 Å². The van der Waals surface area contributed by atoms with Gasteiger partial charge in [-0.15, -0.1) is 6.58 Å². The topological polar surface area (TPSA) is 15.3 Å². The molecule has 0 radical (unpaired) electrons. The molecule has 0 amide bonds. The lowest BCUT2D eigenvalue weighted by Crippen LogP contribution is -2.43. The molecule has 0 aromatic heterocycles. The summed E-state index contributed by atoms with van der Waals surface area (Å²) in [6.45, 7) is 15.8. The van der Waals surface area contributed by atoms with E-state index in [4.69, 9.17) is 0 Å². The van der Waals surface area contributed by atoms with Crippen LogP contribution in [0.25, 0.3) is 0 Å². The molecule has 0 rings (SSSR count). The van der Waals surface area contributed by atoms with Gasteiger partial charge < -0.3 is 5.32 Å². The van der Waals surface area contributed by atoms with Gasteiger partial charge in [-0.05, 0) is 13.0 Å². The second kappa shape index (κ2) is 8.01. The highest BCUT2D eigenvalue weighted by molar-refractivity contribution is 4.79. The average molecular weight is 198 g/mol. The first-order chi connectivity index (χ1) is 6.65. The molecule has 2 heteroatoms. The fourth-order valence-corrected chi connectivity index (χ4v) is 1.61. The van der Waals surface area contributed by atoms with Crippen LogP contribution < -0.4 is 5.32 Å². The lowest BCUT2D eigenvalue weighted by Gasteiger charge is -2.29. The lowest BCUT2D eigenvalue weighted by molar-refractivity contribution is 0.213. The number of nitrogens with zero attached hydrogens (tertiary/aromatic N) is 1. The minimum Gasteiger partial charge on any atom is -0.313 e. The Labute approximate surface area is 89.4 Å². The van der Waals surface area contributed by atoms with Crippen molar-refractivity contribution in [3.05, 3.63) is 12.7 Å². The molecule has 14 heavy (non-hydrogen) atoms. The van der Waals surface area contributed by atoms with Crippen LogP contribution in [0.15, 0.2) is 12.7 Å². The highest BCUT2D eigenvalue weighted by atomic mass is 15.2. The fraction of sp³-hybridized carbons (Fsp3) is 0.833. The largest absolute Gasteiger partial charge is 0.313 e. The van der Waals surface area contributed by atoms with Crippen molar-refractivity contribution in [2.45, 2.75) is 46.2 Å². The summed E-state index contributed by atoms with van der Waals surface area (Å²) < 4.78 is 0. The van der Waals surface area contributed by atoms with Crippen molar-refractivity contribution in [1.82, 2.24) is 10.2 Å². The molecule has 0 heterocycles. The van der Waals surface area contributed by atoms with Gasteiger partial charge in [0, 0.05) is 25.2 Å². The molecular weight excluding hydrogens is 172 g/mol. The van der Waals surface area contributed by atoms with E-state index in [1.807, 2.05) is 6.08 Å². The average Bonchev–Trinajstić information content (AvgIpc) is 2.16. The van der Waals surface area contributed by atoms with Gasteiger partial charge >= 0.3 is 0 Å². The molecule has 0 spiro atoms. The van der Waals surface area contributed by atoms with Crippen molar-refractivity contribution in [2.75, 3.05) is 19.6 Å². The summed E-state index contributed by atoms with van der Waals surface area (Å²) >= 11 is 0. The quantitative estimate of drug-likeness (QED) is 0.602. The molecule has 1 atom stereocenters. The summed E-state index contributed by atoms with van der Waals surface area (Å²) in [5, 5.41) is 3.49. The molecule has 0 saturated heterocycles. The normalized spacial score (nSPS) is 13.6. The van der Waals surface area contributed by atoms with Crippen LogP contribution in [-0.2, 0) is 0 Å². The minimum absolute atomic E-state index is 0.575. The molecule has 0 saturated carbocycles. The molecule has 0 aromatic rings. The molecule has 84 valence electrons. The van der Waals surface area contributed by atoms with E-state index in [2.05, 4.69) is 44.5 Å². The van der Waals surface area contributed by atoms with Gasteiger partial charge in [0.25, 0.3) is 0 Å². The maximum Gasteiger partial charge on any atom is 0.0221 e. The van der Waals surface area contributed by atoms with Crippen molar-refractivity contribution in [3.8, 4) is 0 Å². The smallest absolute Gasteiger partial charge is 0.0221 e. The zero-order valence-corrected chi connectivity index (χ0v) is 10.2. The van der Waals surface area contributed by atoms with Gasteiger partial charge in [-0.25, -0.2) is 0 Å². The van der Waals surface area contributed by atoms with E-state index >= 15 is 0 Å². The molecule has 0 aromatic carbocycles. The Morgan fingerprint density at radius 1 is 1.36 bits per heavy atom. The van der Waals surface area contributed by atoms with E-state index in [0.717, 1.165) is 19.6 Å². The Morgan fingerprint density at radius 3 is 2.36 bits per heavy atom. The van der Waals surface area contributed by atoms with Gasteiger partial charge in [0.15, 0.2) is 0 Å². The zero-order chi connectivity index (χ0) is 11.0. The summed E-state index contributed by atoms with van der Waals surface area (Å²) in [4.78, 5) is 2.46. The van der Waals surface area contributed by atoms with Crippen LogP contribution in [0.5, 0.6) is 0 Å². The summed E-state index contributed by atoms with van der Waals surface area (Å²) in [7, 11) is 0. The van der Waals surface area contributed by atoms with Crippen LogP contribution in [0.1, 0.15) is 34.1 Å². The van der Waals surface area contributed by atoms with Gasteiger partial charge in [-0.1, -0.05) is 33.8 Å². The highest BCUT2D eigenvalue weighted by Crippen LogP contribution is 2.03. The van der Waals surface area contributed by atoms with E-state index in [0.29, 0.717) is 12.1 Å². The van der Waals surface area contributed by atoms with E-state index in [9.17, 15) is 0 Å². The zero-order valence-electron chi connectivity index (χ0n) is 10.2.